The summed E-state index contributed by atoms with van der Waals surface area (Å²) in [5.41, 5.74) is 2.59. The number of anilines is 1. The van der Waals surface area contributed by atoms with Crippen LogP contribution in [0, 0.1) is 6.92 Å². The molecule has 2 rings (SSSR count). The predicted octanol–water partition coefficient (Wildman–Crippen LogP) is 1.97. The van der Waals surface area contributed by atoms with E-state index in [1.54, 1.807) is 30.8 Å². The first-order valence-corrected chi connectivity index (χ1v) is 6.15. The second-order valence-electron chi connectivity index (χ2n) is 3.45. The fourth-order valence-electron chi connectivity index (χ4n) is 1.38. The first-order chi connectivity index (χ1) is 8.31. The summed E-state index contributed by atoms with van der Waals surface area (Å²) in [6, 6.07) is 0. The number of nitrogens with zero attached hydrogens (tertiary/aromatic N) is 3. The Morgan fingerprint density at radius 1 is 1.35 bits per heavy atom. The number of aromatic nitrogens is 3. The highest BCUT2D eigenvalue weighted by Gasteiger charge is 2.08. The minimum atomic E-state index is 0.666. The molecule has 90 valence electrons. The zero-order valence-electron chi connectivity index (χ0n) is 9.80. The standard InChI is InChI=1S/C11H14N4OS/c1-8-10(13-4-3-12-8)9-7-17-11(15-9)14-5-6-16-2/h3-4,7H,5-6H2,1-2H3,(H,14,15). The van der Waals surface area contributed by atoms with Gasteiger partial charge in [-0.1, -0.05) is 0 Å². The van der Waals surface area contributed by atoms with Crippen LogP contribution in [-0.4, -0.2) is 35.2 Å². The Hall–Kier alpha value is -1.53. The van der Waals surface area contributed by atoms with Gasteiger partial charge in [0, 0.05) is 31.4 Å². The zero-order valence-corrected chi connectivity index (χ0v) is 10.6. The van der Waals surface area contributed by atoms with Crippen LogP contribution in [0.4, 0.5) is 5.13 Å². The number of nitrogens with one attached hydrogen (secondary N) is 1. The van der Waals surface area contributed by atoms with Crippen LogP contribution < -0.4 is 5.32 Å². The normalized spacial score (nSPS) is 10.5. The highest BCUT2D eigenvalue weighted by Crippen LogP contribution is 2.24. The molecular weight excluding hydrogens is 236 g/mol. The summed E-state index contributed by atoms with van der Waals surface area (Å²) < 4.78 is 4.97. The molecule has 0 amide bonds. The van der Waals surface area contributed by atoms with Crippen molar-refractivity contribution in [3.8, 4) is 11.4 Å². The van der Waals surface area contributed by atoms with Crippen LogP contribution in [0.2, 0.25) is 0 Å². The molecule has 0 bridgehead atoms. The van der Waals surface area contributed by atoms with Gasteiger partial charge in [-0.25, -0.2) is 4.98 Å². The van der Waals surface area contributed by atoms with E-state index in [9.17, 15) is 0 Å². The van der Waals surface area contributed by atoms with Gasteiger partial charge in [0.2, 0.25) is 0 Å². The van der Waals surface area contributed by atoms with Crippen LogP contribution >= 0.6 is 11.3 Å². The molecule has 0 aliphatic rings. The highest BCUT2D eigenvalue weighted by molar-refractivity contribution is 7.14. The molecule has 1 N–H and O–H groups in total. The molecule has 2 aromatic rings. The third kappa shape index (κ3) is 2.98. The summed E-state index contributed by atoms with van der Waals surface area (Å²) in [5.74, 6) is 0. The third-order valence-electron chi connectivity index (χ3n) is 2.21. The zero-order chi connectivity index (χ0) is 12.1. The van der Waals surface area contributed by atoms with Gasteiger partial charge in [0.1, 0.15) is 11.4 Å². The van der Waals surface area contributed by atoms with Crippen molar-refractivity contribution in [2.24, 2.45) is 0 Å². The lowest BCUT2D eigenvalue weighted by molar-refractivity contribution is 0.211. The van der Waals surface area contributed by atoms with Gasteiger partial charge in [-0.2, -0.15) is 0 Å². The van der Waals surface area contributed by atoms with Crippen LogP contribution in [0.3, 0.4) is 0 Å². The lowest BCUT2D eigenvalue weighted by atomic mass is 10.3. The molecule has 2 heterocycles. The number of thiazole rings is 1. The number of ether oxygens (including phenoxy) is 1. The van der Waals surface area contributed by atoms with Gasteiger partial charge >= 0.3 is 0 Å². The number of aryl methyl sites for hydroxylation is 1. The maximum absolute atomic E-state index is 4.97. The Labute approximate surface area is 104 Å². The maximum atomic E-state index is 4.97. The summed E-state index contributed by atoms with van der Waals surface area (Å²) in [6.07, 6.45) is 3.36. The second-order valence-corrected chi connectivity index (χ2v) is 4.31. The van der Waals surface area contributed by atoms with Crippen LogP contribution in [0.15, 0.2) is 17.8 Å². The van der Waals surface area contributed by atoms with Crippen molar-refractivity contribution in [2.45, 2.75) is 6.92 Å². The number of methoxy groups -OCH3 is 1. The SMILES string of the molecule is COCCNc1nc(-c2nccnc2C)cs1. The summed E-state index contributed by atoms with van der Waals surface area (Å²) in [7, 11) is 1.68. The summed E-state index contributed by atoms with van der Waals surface area (Å²) >= 11 is 1.56. The van der Waals surface area contributed by atoms with E-state index < -0.39 is 0 Å². The Morgan fingerprint density at radius 2 is 2.18 bits per heavy atom. The van der Waals surface area contributed by atoms with Crippen molar-refractivity contribution in [3.63, 3.8) is 0 Å². The third-order valence-corrected chi connectivity index (χ3v) is 3.01. The van der Waals surface area contributed by atoms with E-state index in [1.165, 1.54) is 0 Å². The van der Waals surface area contributed by atoms with Crippen LogP contribution in [0.25, 0.3) is 11.4 Å². The Balaban J connectivity index is 2.10. The van der Waals surface area contributed by atoms with Gasteiger partial charge in [0.25, 0.3) is 0 Å². The second kappa shape index (κ2) is 5.70. The van der Waals surface area contributed by atoms with Crippen LogP contribution in [0.5, 0.6) is 0 Å². The lowest BCUT2D eigenvalue weighted by Crippen LogP contribution is -2.07. The first-order valence-electron chi connectivity index (χ1n) is 5.27. The molecule has 0 saturated heterocycles. The molecule has 0 spiro atoms. The van der Waals surface area contributed by atoms with Gasteiger partial charge in [-0.15, -0.1) is 11.3 Å². The van der Waals surface area contributed by atoms with Crippen molar-refractivity contribution >= 4 is 16.5 Å². The van der Waals surface area contributed by atoms with Gasteiger partial charge in [0.15, 0.2) is 5.13 Å². The van der Waals surface area contributed by atoms with Gasteiger partial charge < -0.3 is 10.1 Å². The summed E-state index contributed by atoms with van der Waals surface area (Å²) in [5, 5.41) is 6.04. The van der Waals surface area contributed by atoms with E-state index in [-0.39, 0.29) is 0 Å². The maximum Gasteiger partial charge on any atom is 0.183 e. The Morgan fingerprint density at radius 3 is 2.94 bits per heavy atom. The van der Waals surface area contributed by atoms with E-state index in [4.69, 9.17) is 4.74 Å². The minimum Gasteiger partial charge on any atom is -0.383 e. The van der Waals surface area contributed by atoms with Crippen LogP contribution in [0.1, 0.15) is 5.69 Å². The molecule has 17 heavy (non-hydrogen) atoms. The molecule has 0 radical (unpaired) electrons. The predicted molar refractivity (Wildman–Crippen MR) is 68.2 cm³/mol. The van der Waals surface area contributed by atoms with E-state index in [0.29, 0.717) is 6.61 Å². The van der Waals surface area contributed by atoms with Crippen molar-refractivity contribution in [3.05, 3.63) is 23.5 Å². The fourth-order valence-corrected chi connectivity index (χ4v) is 2.11. The smallest absolute Gasteiger partial charge is 0.183 e. The summed E-state index contributed by atoms with van der Waals surface area (Å²) in [6.45, 7) is 3.35. The quantitative estimate of drug-likeness (QED) is 0.822. The van der Waals surface area contributed by atoms with Crippen molar-refractivity contribution in [1.29, 1.82) is 0 Å². The number of rotatable bonds is 5. The topological polar surface area (TPSA) is 59.9 Å². The average molecular weight is 250 g/mol. The molecule has 0 atom stereocenters. The molecule has 2 aromatic heterocycles. The highest BCUT2D eigenvalue weighted by atomic mass is 32.1. The van der Waals surface area contributed by atoms with E-state index in [1.807, 2.05) is 12.3 Å². The molecule has 0 unspecified atom stereocenters. The van der Waals surface area contributed by atoms with E-state index in [2.05, 4.69) is 20.3 Å². The van der Waals surface area contributed by atoms with Crippen molar-refractivity contribution in [2.75, 3.05) is 25.6 Å². The van der Waals surface area contributed by atoms with E-state index >= 15 is 0 Å². The molecule has 0 aliphatic carbocycles. The Bertz CT molecular complexity index is 486. The van der Waals surface area contributed by atoms with Crippen LogP contribution in [-0.2, 0) is 4.74 Å². The molecule has 0 aromatic carbocycles. The molecule has 6 heteroatoms. The minimum absolute atomic E-state index is 0.666. The first kappa shape index (κ1) is 11.9. The molecule has 5 nitrogen and oxygen atoms in total. The van der Waals surface area contributed by atoms with Crippen molar-refractivity contribution in [1.82, 2.24) is 15.0 Å². The lowest BCUT2D eigenvalue weighted by Gasteiger charge is -2.00. The number of hydrogen-bond acceptors (Lipinski definition) is 6. The van der Waals surface area contributed by atoms with E-state index in [0.717, 1.165) is 28.8 Å². The summed E-state index contributed by atoms with van der Waals surface area (Å²) in [4.78, 5) is 13.0. The molecule has 0 saturated carbocycles. The van der Waals surface area contributed by atoms with Gasteiger partial charge in [0.05, 0.1) is 12.3 Å². The molecular formula is C11H14N4OS. The monoisotopic (exact) mass is 250 g/mol. The number of hydrogen-bond donors (Lipinski definition) is 1. The molecule has 0 aliphatic heterocycles. The van der Waals surface area contributed by atoms with Gasteiger partial charge in [-0.3, -0.25) is 9.97 Å². The molecule has 0 fully saturated rings. The largest absolute Gasteiger partial charge is 0.383 e. The average Bonchev–Trinajstić information content (AvgIpc) is 2.79. The van der Waals surface area contributed by atoms with Crippen molar-refractivity contribution < 1.29 is 4.74 Å². The van der Waals surface area contributed by atoms with Gasteiger partial charge in [-0.05, 0) is 6.92 Å². The Kier molecular flexibility index (Phi) is 4.00. The fraction of sp³-hybridized carbons (Fsp3) is 0.364.